The van der Waals surface area contributed by atoms with Crippen LogP contribution in [0.4, 0.5) is 5.69 Å². The zero-order valence-corrected chi connectivity index (χ0v) is 11.8. The predicted octanol–water partition coefficient (Wildman–Crippen LogP) is 3.94. The highest BCUT2D eigenvalue weighted by Crippen LogP contribution is 2.21. The van der Waals surface area contributed by atoms with Gasteiger partial charge in [-0.25, -0.2) is 4.98 Å². The molecule has 0 atom stereocenters. The average molecular weight is 283 g/mol. The Bertz CT molecular complexity index is 782. The van der Waals surface area contributed by atoms with Crippen LogP contribution in [0.1, 0.15) is 23.3 Å². The fourth-order valence-electron chi connectivity index (χ4n) is 1.96. The van der Waals surface area contributed by atoms with E-state index in [9.17, 15) is 0 Å². The first-order valence-electron chi connectivity index (χ1n) is 6.39. The van der Waals surface area contributed by atoms with Crippen LogP contribution in [0.3, 0.4) is 0 Å². The Balaban J connectivity index is 1.75. The van der Waals surface area contributed by atoms with E-state index in [2.05, 4.69) is 16.4 Å². The van der Waals surface area contributed by atoms with Crippen molar-refractivity contribution < 1.29 is 4.42 Å². The number of nitrogens with one attached hydrogen (secondary N) is 1. The smallest absolute Gasteiger partial charge is 0.195 e. The van der Waals surface area contributed by atoms with Crippen molar-refractivity contribution in [3.8, 4) is 6.07 Å². The van der Waals surface area contributed by atoms with Crippen molar-refractivity contribution in [2.75, 3.05) is 5.32 Å². The third-order valence-corrected chi connectivity index (χ3v) is 3.92. The summed E-state index contributed by atoms with van der Waals surface area (Å²) in [6.07, 6.45) is 0.795. The second-order valence-electron chi connectivity index (χ2n) is 4.41. The molecule has 0 aliphatic rings. The molecular formula is C15H13N3OS. The van der Waals surface area contributed by atoms with Crippen LogP contribution >= 0.6 is 11.3 Å². The van der Waals surface area contributed by atoms with Crippen molar-refractivity contribution in [3.05, 3.63) is 46.0 Å². The van der Waals surface area contributed by atoms with Crippen molar-refractivity contribution in [1.29, 1.82) is 5.26 Å². The van der Waals surface area contributed by atoms with E-state index in [1.807, 2.05) is 36.6 Å². The first-order chi connectivity index (χ1) is 9.78. The molecule has 3 rings (SSSR count). The molecule has 20 heavy (non-hydrogen) atoms. The van der Waals surface area contributed by atoms with Gasteiger partial charge >= 0.3 is 0 Å². The minimum atomic E-state index is 0.705. The molecule has 2 heterocycles. The molecule has 100 valence electrons. The number of nitrogens with zero attached hydrogens (tertiary/aromatic N) is 2. The number of hydrogen-bond donors (Lipinski definition) is 1. The summed E-state index contributed by atoms with van der Waals surface area (Å²) in [7, 11) is 0. The van der Waals surface area contributed by atoms with Crippen LogP contribution in [0.5, 0.6) is 0 Å². The second-order valence-corrected chi connectivity index (χ2v) is 5.41. The molecule has 0 fully saturated rings. The summed E-state index contributed by atoms with van der Waals surface area (Å²) in [6, 6.07) is 9.93. The second kappa shape index (κ2) is 5.35. The standard InChI is InChI=1S/C15H13N3OS/c1-2-15-18-13-6-11(3-4-14(13)19-15)17-8-12-5-10(7-16)9-20-12/h3-6,9,17H,2,8H2,1H3. The number of anilines is 1. The van der Waals surface area contributed by atoms with E-state index in [0.29, 0.717) is 12.1 Å². The third-order valence-electron chi connectivity index (χ3n) is 2.98. The number of hydrogen-bond acceptors (Lipinski definition) is 5. The summed E-state index contributed by atoms with van der Waals surface area (Å²) >= 11 is 1.59. The van der Waals surface area contributed by atoms with Crippen LogP contribution in [-0.4, -0.2) is 4.98 Å². The number of aryl methyl sites for hydroxylation is 1. The van der Waals surface area contributed by atoms with Gasteiger partial charge in [-0.3, -0.25) is 0 Å². The van der Waals surface area contributed by atoms with Crippen LogP contribution in [0, 0.1) is 11.3 Å². The molecule has 0 aliphatic carbocycles. The Morgan fingerprint density at radius 2 is 2.30 bits per heavy atom. The van der Waals surface area contributed by atoms with Crippen LogP contribution in [-0.2, 0) is 13.0 Å². The highest BCUT2D eigenvalue weighted by atomic mass is 32.1. The van der Waals surface area contributed by atoms with Crippen molar-refractivity contribution >= 4 is 28.1 Å². The van der Waals surface area contributed by atoms with Gasteiger partial charge in [-0.15, -0.1) is 11.3 Å². The molecule has 0 amide bonds. The van der Waals surface area contributed by atoms with Crippen molar-refractivity contribution in [1.82, 2.24) is 4.98 Å². The molecule has 0 spiro atoms. The monoisotopic (exact) mass is 283 g/mol. The maximum absolute atomic E-state index is 8.80. The number of aromatic nitrogens is 1. The van der Waals surface area contributed by atoms with Gasteiger partial charge in [0.1, 0.15) is 11.6 Å². The van der Waals surface area contributed by atoms with Gasteiger partial charge in [-0.05, 0) is 24.3 Å². The molecule has 3 aromatic rings. The molecule has 1 N–H and O–H groups in total. The number of benzene rings is 1. The fraction of sp³-hybridized carbons (Fsp3) is 0.200. The summed E-state index contributed by atoms with van der Waals surface area (Å²) < 4.78 is 5.58. The van der Waals surface area contributed by atoms with Crippen LogP contribution in [0.2, 0.25) is 0 Å². The normalized spacial score (nSPS) is 10.6. The van der Waals surface area contributed by atoms with Crippen LogP contribution in [0.25, 0.3) is 11.1 Å². The van der Waals surface area contributed by atoms with E-state index in [0.717, 1.165) is 34.0 Å². The Morgan fingerprint density at radius 3 is 3.05 bits per heavy atom. The van der Waals surface area contributed by atoms with Crippen molar-refractivity contribution in [2.24, 2.45) is 0 Å². The molecule has 0 saturated heterocycles. The van der Waals surface area contributed by atoms with Gasteiger partial charge < -0.3 is 9.73 Å². The Labute approximate surface area is 120 Å². The van der Waals surface area contributed by atoms with Crippen LogP contribution < -0.4 is 5.32 Å². The number of oxazole rings is 1. The highest BCUT2D eigenvalue weighted by Gasteiger charge is 2.05. The predicted molar refractivity (Wildman–Crippen MR) is 79.7 cm³/mol. The molecule has 0 saturated carbocycles. The molecule has 0 unspecified atom stereocenters. The first kappa shape index (κ1) is 12.7. The summed E-state index contributed by atoms with van der Waals surface area (Å²) in [6.45, 7) is 2.73. The SMILES string of the molecule is CCc1nc2cc(NCc3cc(C#N)cs3)ccc2o1. The molecule has 0 aliphatic heterocycles. The molecule has 5 heteroatoms. The Morgan fingerprint density at radius 1 is 1.40 bits per heavy atom. The quantitative estimate of drug-likeness (QED) is 0.788. The topological polar surface area (TPSA) is 61.9 Å². The van der Waals surface area contributed by atoms with E-state index in [-0.39, 0.29) is 0 Å². The first-order valence-corrected chi connectivity index (χ1v) is 7.27. The van der Waals surface area contributed by atoms with Crippen molar-refractivity contribution in [2.45, 2.75) is 19.9 Å². The minimum Gasteiger partial charge on any atom is -0.441 e. The van der Waals surface area contributed by atoms with Gasteiger partial charge in [-0.2, -0.15) is 5.26 Å². The summed E-state index contributed by atoms with van der Waals surface area (Å²) in [5.74, 6) is 0.758. The minimum absolute atomic E-state index is 0.705. The van der Waals surface area contributed by atoms with E-state index in [1.165, 1.54) is 0 Å². The lowest BCUT2D eigenvalue weighted by atomic mass is 10.2. The molecule has 0 bridgehead atoms. The Kier molecular flexibility index (Phi) is 3.40. The summed E-state index contributed by atoms with van der Waals surface area (Å²) in [5.41, 5.74) is 3.40. The van der Waals surface area contributed by atoms with Gasteiger partial charge in [0.05, 0.1) is 5.56 Å². The lowest BCUT2D eigenvalue weighted by Crippen LogP contribution is -1.96. The van der Waals surface area contributed by atoms with Gasteiger partial charge in [0.15, 0.2) is 11.5 Å². The number of nitriles is 1. The average Bonchev–Trinajstić information content (AvgIpc) is 3.10. The summed E-state index contributed by atoms with van der Waals surface area (Å²) in [5, 5.41) is 14.0. The summed E-state index contributed by atoms with van der Waals surface area (Å²) in [4.78, 5) is 5.55. The Hall–Kier alpha value is -2.32. The van der Waals surface area contributed by atoms with Gasteiger partial charge in [0.2, 0.25) is 0 Å². The fourth-order valence-corrected chi connectivity index (χ4v) is 2.71. The molecular weight excluding hydrogens is 270 g/mol. The van der Waals surface area contributed by atoms with Gasteiger partial charge in [-0.1, -0.05) is 6.92 Å². The zero-order valence-electron chi connectivity index (χ0n) is 11.0. The lowest BCUT2D eigenvalue weighted by Gasteiger charge is -2.03. The molecule has 2 aromatic heterocycles. The van der Waals surface area contributed by atoms with Crippen LogP contribution in [0.15, 0.2) is 34.1 Å². The van der Waals surface area contributed by atoms with E-state index >= 15 is 0 Å². The van der Waals surface area contributed by atoms with Gasteiger partial charge in [0.25, 0.3) is 0 Å². The molecule has 0 radical (unpaired) electrons. The highest BCUT2D eigenvalue weighted by molar-refractivity contribution is 7.10. The number of rotatable bonds is 4. The lowest BCUT2D eigenvalue weighted by molar-refractivity contribution is 0.538. The molecule has 4 nitrogen and oxygen atoms in total. The van der Waals surface area contributed by atoms with E-state index in [4.69, 9.17) is 9.68 Å². The third kappa shape index (κ3) is 2.51. The van der Waals surface area contributed by atoms with Crippen molar-refractivity contribution in [3.63, 3.8) is 0 Å². The van der Waals surface area contributed by atoms with E-state index < -0.39 is 0 Å². The molecule has 1 aromatic carbocycles. The number of fused-ring (bicyclic) bond motifs is 1. The number of thiophene rings is 1. The van der Waals surface area contributed by atoms with Gasteiger partial charge in [0, 0.05) is 28.9 Å². The zero-order chi connectivity index (χ0) is 13.9. The maximum Gasteiger partial charge on any atom is 0.195 e. The maximum atomic E-state index is 8.80. The largest absolute Gasteiger partial charge is 0.441 e. The van der Waals surface area contributed by atoms with E-state index in [1.54, 1.807) is 11.3 Å².